The minimum atomic E-state index is 0.460. The Morgan fingerprint density at radius 2 is 1.81 bits per heavy atom. The van der Waals surface area contributed by atoms with Crippen LogP contribution in [0, 0.1) is 11.3 Å². The molecule has 4 aromatic rings. The van der Waals surface area contributed by atoms with Crippen LogP contribution in [0.3, 0.4) is 0 Å². The van der Waals surface area contributed by atoms with Crippen LogP contribution >= 0.6 is 23.2 Å². The number of aromatic nitrogens is 2. The van der Waals surface area contributed by atoms with E-state index in [1.54, 1.807) is 6.07 Å². The van der Waals surface area contributed by atoms with Crippen LogP contribution < -0.4 is 0 Å². The monoisotopic (exact) mass is 445 g/mol. The molecule has 0 bridgehead atoms. The lowest BCUT2D eigenvalue weighted by atomic mass is 10.0. The molecule has 0 N–H and O–H groups in total. The van der Waals surface area contributed by atoms with E-state index in [1.807, 2.05) is 59.2 Å². The van der Waals surface area contributed by atoms with Crippen molar-refractivity contribution >= 4 is 45.9 Å². The van der Waals surface area contributed by atoms with Crippen molar-refractivity contribution in [3.8, 4) is 6.07 Å². The molecule has 0 aliphatic rings. The minimum absolute atomic E-state index is 0.460. The molecule has 1 heterocycles. The fourth-order valence-electron chi connectivity index (χ4n) is 3.55. The molecular weight excluding hydrogens is 425 g/mol. The average molecular weight is 446 g/mol. The molecule has 0 unspecified atom stereocenters. The van der Waals surface area contributed by atoms with Gasteiger partial charge in [0.25, 0.3) is 0 Å². The molecule has 31 heavy (non-hydrogen) atoms. The van der Waals surface area contributed by atoms with Crippen LogP contribution in [0.4, 0.5) is 0 Å². The SMILES string of the molecule is CC(C)c1ccc(/C=C(\C#N)c2nc3ccccc3n2Cc2ccc(Cl)cc2Cl)cc1. The van der Waals surface area contributed by atoms with Crippen LogP contribution in [0.15, 0.2) is 66.7 Å². The first-order valence-corrected chi connectivity index (χ1v) is 10.8. The summed E-state index contributed by atoms with van der Waals surface area (Å²) in [6.07, 6.45) is 1.88. The molecule has 4 rings (SSSR count). The molecule has 154 valence electrons. The second-order valence-electron chi connectivity index (χ2n) is 7.74. The molecule has 3 aromatic carbocycles. The number of para-hydroxylation sites is 2. The predicted octanol–water partition coefficient (Wildman–Crippen LogP) is 7.58. The lowest BCUT2D eigenvalue weighted by Gasteiger charge is -2.11. The lowest BCUT2D eigenvalue weighted by Crippen LogP contribution is -2.05. The Labute approximate surface area is 192 Å². The van der Waals surface area contributed by atoms with E-state index < -0.39 is 0 Å². The van der Waals surface area contributed by atoms with Gasteiger partial charge in [-0.3, -0.25) is 0 Å². The van der Waals surface area contributed by atoms with E-state index in [2.05, 4.69) is 32.0 Å². The molecule has 0 spiro atoms. The summed E-state index contributed by atoms with van der Waals surface area (Å²) >= 11 is 12.5. The summed E-state index contributed by atoms with van der Waals surface area (Å²) in [5.74, 6) is 1.07. The third kappa shape index (κ3) is 4.51. The summed E-state index contributed by atoms with van der Waals surface area (Å²) in [4.78, 5) is 4.77. The molecule has 3 nitrogen and oxygen atoms in total. The first-order valence-electron chi connectivity index (χ1n) is 10.1. The average Bonchev–Trinajstić information content (AvgIpc) is 3.12. The van der Waals surface area contributed by atoms with Gasteiger partial charge in [0.1, 0.15) is 6.07 Å². The van der Waals surface area contributed by atoms with Crippen LogP contribution in [-0.2, 0) is 6.54 Å². The zero-order valence-electron chi connectivity index (χ0n) is 17.3. The van der Waals surface area contributed by atoms with Crippen molar-refractivity contribution < 1.29 is 0 Å². The summed E-state index contributed by atoms with van der Waals surface area (Å²) in [5, 5.41) is 11.2. The van der Waals surface area contributed by atoms with Crippen molar-refractivity contribution in [3.63, 3.8) is 0 Å². The van der Waals surface area contributed by atoms with Crippen LogP contribution in [-0.4, -0.2) is 9.55 Å². The highest BCUT2D eigenvalue weighted by Gasteiger charge is 2.16. The predicted molar refractivity (Wildman–Crippen MR) is 129 cm³/mol. The molecule has 5 heteroatoms. The largest absolute Gasteiger partial charge is 0.319 e. The Hall–Kier alpha value is -3.06. The smallest absolute Gasteiger partial charge is 0.152 e. The normalized spacial score (nSPS) is 11.8. The maximum Gasteiger partial charge on any atom is 0.152 e. The molecule has 0 saturated carbocycles. The number of allylic oxidation sites excluding steroid dienone is 1. The van der Waals surface area contributed by atoms with Crippen molar-refractivity contribution in [1.82, 2.24) is 9.55 Å². The Morgan fingerprint density at radius 3 is 2.48 bits per heavy atom. The molecular formula is C26H21Cl2N3. The summed E-state index contributed by atoms with van der Waals surface area (Å²) < 4.78 is 2.03. The van der Waals surface area contributed by atoms with E-state index in [4.69, 9.17) is 28.2 Å². The highest BCUT2D eigenvalue weighted by molar-refractivity contribution is 6.35. The second-order valence-corrected chi connectivity index (χ2v) is 8.58. The zero-order valence-corrected chi connectivity index (χ0v) is 18.8. The number of rotatable bonds is 5. The molecule has 0 aliphatic carbocycles. The molecule has 0 fully saturated rings. The maximum atomic E-state index is 9.98. The van der Waals surface area contributed by atoms with Gasteiger partial charge < -0.3 is 4.57 Å². The number of fused-ring (bicyclic) bond motifs is 1. The van der Waals surface area contributed by atoms with Crippen LogP contribution in [0.1, 0.15) is 42.3 Å². The first-order chi connectivity index (χ1) is 15.0. The lowest BCUT2D eigenvalue weighted by molar-refractivity contribution is 0.811. The number of nitrogens with zero attached hydrogens (tertiary/aromatic N) is 3. The van der Waals surface area contributed by atoms with E-state index in [0.29, 0.717) is 33.9 Å². The quantitative estimate of drug-likeness (QED) is 0.297. The highest BCUT2D eigenvalue weighted by atomic mass is 35.5. The molecule has 0 radical (unpaired) electrons. The van der Waals surface area contributed by atoms with E-state index >= 15 is 0 Å². The van der Waals surface area contributed by atoms with Gasteiger partial charge in [0, 0.05) is 10.0 Å². The topological polar surface area (TPSA) is 41.6 Å². The molecule has 0 aliphatic heterocycles. The third-order valence-electron chi connectivity index (χ3n) is 5.27. The van der Waals surface area contributed by atoms with Gasteiger partial charge in [0.15, 0.2) is 5.82 Å². The van der Waals surface area contributed by atoms with Gasteiger partial charge >= 0.3 is 0 Å². The molecule has 0 saturated heterocycles. The minimum Gasteiger partial charge on any atom is -0.319 e. The van der Waals surface area contributed by atoms with Crippen molar-refractivity contribution in [3.05, 3.63) is 99.3 Å². The standard InChI is InChI=1S/C26H21Cl2N3/c1-17(2)19-9-7-18(8-10-19)13-21(15-29)26-30-24-5-3-4-6-25(24)31(26)16-20-11-12-22(27)14-23(20)28/h3-14,17H,16H2,1-2H3/b21-13+. The Morgan fingerprint density at radius 1 is 1.06 bits per heavy atom. The number of benzene rings is 3. The van der Waals surface area contributed by atoms with Gasteiger partial charge in [-0.15, -0.1) is 0 Å². The summed E-state index contributed by atoms with van der Waals surface area (Å²) in [6, 6.07) is 23.9. The number of nitriles is 1. The third-order valence-corrected chi connectivity index (χ3v) is 5.86. The summed E-state index contributed by atoms with van der Waals surface area (Å²) in [7, 11) is 0. The highest BCUT2D eigenvalue weighted by Crippen LogP contribution is 2.28. The fourth-order valence-corrected chi connectivity index (χ4v) is 4.02. The van der Waals surface area contributed by atoms with Gasteiger partial charge in [-0.25, -0.2) is 4.98 Å². The number of hydrogen-bond donors (Lipinski definition) is 0. The van der Waals surface area contributed by atoms with Crippen molar-refractivity contribution in [1.29, 1.82) is 5.26 Å². The summed E-state index contributed by atoms with van der Waals surface area (Å²) in [6.45, 7) is 4.81. The van der Waals surface area contributed by atoms with Gasteiger partial charge in [-0.1, -0.05) is 79.5 Å². The van der Waals surface area contributed by atoms with Crippen molar-refractivity contribution in [2.24, 2.45) is 0 Å². The maximum absolute atomic E-state index is 9.98. The van der Waals surface area contributed by atoms with Gasteiger partial charge in [-0.2, -0.15) is 5.26 Å². The first kappa shape index (κ1) is 21.2. The van der Waals surface area contributed by atoms with E-state index in [1.165, 1.54) is 5.56 Å². The Balaban J connectivity index is 1.82. The van der Waals surface area contributed by atoms with E-state index in [0.717, 1.165) is 22.2 Å². The number of hydrogen-bond acceptors (Lipinski definition) is 2. The van der Waals surface area contributed by atoms with Crippen LogP contribution in [0.25, 0.3) is 22.7 Å². The van der Waals surface area contributed by atoms with Crippen LogP contribution in [0.5, 0.6) is 0 Å². The van der Waals surface area contributed by atoms with Gasteiger partial charge in [0.05, 0.1) is 23.2 Å². The number of imidazole rings is 1. The molecule has 0 atom stereocenters. The fraction of sp³-hybridized carbons (Fsp3) is 0.154. The van der Waals surface area contributed by atoms with Crippen molar-refractivity contribution in [2.75, 3.05) is 0 Å². The zero-order chi connectivity index (χ0) is 22.0. The molecule has 0 amide bonds. The Bertz CT molecular complexity index is 1310. The summed E-state index contributed by atoms with van der Waals surface area (Å²) in [5.41, 5.74) is 5.41. The van der Waals surface area contributed by atoms with E-state index in [-0.39, 0.29) is 0 Å². The molecule has 1 aromatic heterocycles. The van der Waals surface area contributed by atoms with Crippen molar-refractivity contribution in [2.45, 2.75) is 26.3 Å². The second kappa shape index (κ2) is 8.98. The number of halogens is 2. The van der Waals surface area contributed by atoms with Gasteiger partial charge in [0.2, 0.25) is 0 Å². The van der Waals surface area contributed by atoms with E-state index in [9.17, 15) is 5.26 Å². The van der Waals surface area contributed by atoms with Crippen LogP contribution in [0.2, 0.25) is 10.0 Å². The Kier molecular flexibility index (Phi) is 6.13. The van der Waals surface area contributed by atoms with Gasteiger partial charge in [-0.05, 0) is 52.9 Å².